The predicted octanol–water partition coefficient (Wildman–Crippen LogP) is 2.58. The van der Waals surface area contributed by atoms with Crippen LogP contribution in [0.3, 0.4) is 0 Å². The highest BCUT2D eigenvalue weighted by molar-refractivity contribution is 7.92. The van der Waals surface area contributed by atoms with Crippen LogP contribution in [0, 0.1) is 17.2 Å². The monoisotopic (exact) mass is 521 g/mol. The number of hydrogen-bond acceptors (Lipinski definition) is 8. The molecule has 0 bridgehead atoms. The fourth-order valence-electron chi connectivity index (χ4n) is 2.66. The van der Waals surface area contributed by atoms with E-state index in [-0.39, 0.29) is 6.42 Å². The Hall–Kier alpha value is -2.99. The van der Waals surface area contributed by atoms with E-state index >= 15 is 0 Å². The molecule has 0 fully saturated rings. The van der Waals surface area contributed by atoms with Gasteiger partial charge < -0.3 is 0 Å². The Balaban J connectivity index is 2.68. The minimum atomic E-state index is -5.14. The van der Waals surface area contributed by atoms with E-state index in [0.29, 0.717) is 11.1 Å². The van der Waals surface area contributed by atoms with Crippen molar-refractivity contribution in [2.24, 2.45) is 5.92 Å². The minimum Gasteiger partial charge on any atom is -0.274 e. The summed E-state index contributed by atoms with van der Waals surface area (Å²) in [7, 11) is -8.80. The summed E-state index contributed by atoms with van der Waals surface area (Å²) in [5.41, 5.74) is -2.90. The lowest BCUT2D eigenvalue weighted by atomic mass is 10.1. The second-order valence-corrected chi connectivity index (χ2v) is 11.4. The highest BCUT2D eigenvalue weighted by Crippen LogP contribution is 2.36. The Morgan fingerprint density at radius 1 is 1.18 bits per heavy atom. The fourth-order valence-corrected chi connectivity index (χ4v) is 5.31. The zero-order valence-electron chi connectivity index (χ0n) is 18.6. The number of alkyl halides is 3. The summed E-state index contributed by atoms with van der Waals surface area (Å²) in [5, 5.41) is 10.5. The zero-order valence-corrected chi connectivity index (χ0v) is 20.2. The van der Waals surface area contributed by atoms with Crippen LogP contribution in [0.25, 0.3) is 5.82 Å². The number of pyridine rings is 1. The van der Waals surface area contributed by atoms with E-state index in [1.807, 2.05) is 4.72 Å². The van der Waals surface area contributed by atoms with Gasteiger partial charge in [-0.25, -0.2) is 31.2 Å². The SMILES string of the molecule is CCC(C)C(=O)NS(=O)(=O)c1ccc(-n2nc(C(F)(F)F)c(C#N)c2S(=O)(=O)C(C)CC)nc1. The molecular formula is C19H22F3N5O5S2. The number of rotatable bonds is 8. The number of carbonyl (C=O) groups excluding carboxylic acids is 1. The second kappa shape index (κ2) is 9.71. The molecule has 34 heavy (non-hydrogen) atoms. The van der Waals surface area contributed by atoms with E-state index < -0.39 is 70.1 Å². The number of nitrogens with zero attached hydrogens (tertiary/aromatic N) is 4. The first-order valence-electron chi connectivity index (χ1n) is 9.99. The van der Waals surface area contributed by atoms with Gasteiger partial charge >= 0.3 is 6.18 Å². The number of nitriles is 1. The number of halogens is 3. The van der Waals surface area contributed by atoms with Crippen molar-refractivity contribution in [2.75, 3.05) is 0 Å². The zero-order chi connectivity index (χ0) is 26.1. The second-order valence-electron chi connectivity index (χ2n) is 7.45. The number of amides is 1. The van der Waals surface area contributed by atoms with Gasteiger partial charge in [0.25, 0.3) is 10.0 Å². The highest BCUT2D eigenvalue weighted by atomic mass is 32.2. The van der Waals surface area contributed by atoms with Gasteiger partial charge in [0.2, 0.25) is 5.91 Å². The van der Waals surface area contributed by atoms with Crippen molar-refractivity contribution in [3.8, 4) is 11.9 Å². The molecule has 0 aromatic carbocycles. The molecule has 1 N–H and O–H groups in total. The molecular weight excluding hydrogens is 499 g/mol. The van der Waals surface area contributed by atoms with Gasteiger partial charge in [-0.15, -0.1) is 0 Å². The number of nitrogens with one attached hydrogen (secondary N) is 1. The van der Waals surface area contributed by atoms with Gasteiger partial charge in [-0.1, -0.05) is 20.8 Å². The van der Waals surface area contributed by atoms with E-state index in [4.69, 9.17) is 0 Å². The first-order chi connectivity index (χ1) is 15.6. The third-order valence-corrected chi connectivity index (χ3v) is 8.78. The quantitative estimate of drug-likeness (QED) is 0.556. The van der Waals surface area contributed by atoms with Crippen molar-refractivity contribution in [1.82, 2.24) is 19.5 Å². The summed E-state index contributed by atoms with van der Waals surface area (Å²) in [6.45, 7) is 5.98. The third kappa shape index (κ3) is 5.22. The van der Waals surface area contributed by atoms with Crippen LogP contribution in [0.1, 0.15) is 51.8 Å². The van der Waals surface area contributed by atoms with E-state index in [1.165, 1.54) is 26.8 Å². The van der Waals surface area contributed by atoms with E-state index in [2.05, 4.69) is 10.1 Å². The maximum Gasteiger partial charge on any atom is 0.436 e. The molecule has 0 saturated carbocycles. The lowest BCUT2D eigenvalue weighted by Crippen LogP contribution is -2.34. The van der Waals surface area contributed by atoms with Gasteiger partial charge in [0, 0.05) is 12.1 Å². The summed E-state index contributed by atoms with van der Waals surface area (Å²) in [6, 6.07) is 3.11. The Morgan fingerprint density at radius 2 is 1.79 bits per heavy atom. The van der Waals surface area contributed by atoms with Crippen LogP contribution in [0.5, 0.6) is 0 Å². The van der Waals surface area contributed by atoms with Gasteiger partial charge in [-0.2, -0.15) is 23.5 Å². The summed E-state index contributed by atoms with van der Waals surface area (Å²) < 4.78 is 93.5. The lowest BCUT2D eigenvalue weighted by molar-refractivity contribution is -0.141. The molecule has 1 amide bonds. The van der Waals surface area contributed by atoms with Crippen LogP contribution in [-0.2, 0) is 30.8 Å². The molecule has 186 valence electrons. The van der Waals surface area contributed by atoms with Crippen LogP contribution in [0.2, 0.25) is 0 Å². The van der Waals surface area contributed by atoms with E-state index in [9.17, 15) is 40.1 Å². The maximum absolute atomic E-state index is 13.5. The van der Waals surface area contributed by atoms with Gasteiger partial charge in [-0.05, 0) is 31.9 Å². The molecule has 2 atom stereocenters. The molecule has 2 aromatic heterocycles. The summed E-state index contributed by atoms with van der Waals surface area (Å²) in [5.74, 6) is -1.82. The summed E-state index contributed by atoms with van der Waals surface area (Å²) in [6.07, 6.45) is -3.98. The Morgan fingerprint density at radius 3 is 2.24 bits per heavy atom. The van der Waals surface area contributed by atoms with Crippen LogP contribution in [0.15, 0.2) is 28.3 Å². The Labute approximate surface area is 194 Å². The van der Waals surface area contributed by atoms with Crippen molar-refractivity contribution in [2.45, 2.75) is 61.9 Å². The maximum atomic E-state index is 13.5. The van der Waals surface area contributed by atoms with Crippen LogP contribution >= 0.6 is 0 Å². The number of sulfone groups is 1. The van der Waals surface area contributed by atoms with Crippen molar-refractivity contribution < 1.29 is 34.8 Å². The largest absolute Gasteiger partial charge is 0.436 e. The first-order valence-corrected chi connectivity index (χ1v) is 13.0. The molecule has 0 saturated heterocycles. The average Bonchev–Trinajstić information content (AvgIpc) is 3.18. The lowest BCUT2D eigenvalue weighted by Gasteiger charge is -2.13. The number of sulfonamides is 1. The van der Waals surface area contributed by atoms with Gasteiger partial charge in [0.15, 0.2) is 26.4 Å². The molecule has 0 aliphatic heterocycles. The standard InChI is InChI=1S/C19H22F3N5O5S2/c1-5-11(3)17(28)26-34(31,32)13-7-8-15(24-10-13)27-18(33(29,30)12(4)6-2)14(9-23)16(25-27)19(20,21)22/h7-8,10-12H,5-6H2,1-4H3,(H,26,28). The fraction of sp³-hybridized carbons (Fsp3) is 0.474. The number of carbonyl (C=O) groups is 1. The molecule has 15 heteroatoms. The number of aromatic nitrogens is 3. The number of hydrogen-bond donors (Lipinski definition) is 1. The average molecular weight is 522 g/mol. The molecule has 2 heterocycles. The molecule has 0 aliphatic carbocycles. The van der Waals surface area contributed by atoms with Crippen LogP contribution < -0.4 is 4.72 Å². The van der Waals surface area contributed by atoms with Crippen molar-refractivity contribution in [3.05, 3.63) is 29.6 Å². The topological polar surface area (TPSA) is 152 Å². The normalized spacial score (nSPS) is 14.3. The predicted molar refractivity (Wildman–Crippen MR) is 113 cm³/mol. The minimum absolute atomic E-state index is 0.0419. The Kier molecular flexibility index (Phi) is 7.78. The van der Waals surface area contributed by atoms with Crippen LogP contribution in [0.4, 0.5) is 13.2 Å². The molecule has 0 radical (unpaired) electrons. The van der Waals surface area contributed by atoms with Crippen molar-refractivity contribution in [1.29, 1.82) is 5.26 Å². The first kappa shape index (κ1) is 27.3. The van der Waals surface area contributed by atoms with Gasteiger partial charge in [0.1, 0.15) is 16.5 Å². The van der Waals surface area contributed by atoms with E-state index in [0.717, 1.165) is 18.3 Å². The molecule has 10 nitrogen and oxygen atoms in total. The van der Waals surface area contributed by atoms with Gasteiger partial charge in [-0.3, -0.25) is 4.79 Å². The third-order valence-electron chi connectivity index (χ3n) is 5.14. The molecule has 2 rings (SSSR count). The smallest absolute Gasteiger partial charge is 0.274 e. The molecule has 2 unspecified atom stereocenters. The van der Waals surface area contributed by atoms with Crippen LogP contribution in [-0.4, -0.2) is 42.8 Å². The molecule has 0 spiro atoms. The van der Waals surface area contributed by atoms with E-state index in [1.54, 1.807) is 6.92 Å². The van der Waals surface area contributed by atoms with Gasteiger partial charge in [0.05, 0.1) is 5.25 Å². The molecule has 0 aliphatic rings. The summed E-state index contributed by atoms with van der Waals surface area (Å²) in [4.78, 5) is 15.2. The highest BCUT2D eigenvalue weighted by Gasteiger charge is 2.43. The summed E-state index contributed by atoms with van der Waals surface area (Å²) >= 11 is 0. The molecule has 2 aromatic rings. The van der Waals surface area contributed by atoms with Crippen molar-refractivity contribution >= 4 is 25.8 Å². The van der Waals surface area contributed by atoms with Crippen molar-refractivity contribution in [3.63, 3.8) is 0 Å². The Bertz CT molecular complexity index is 1330.